The van der Waals surface area contributed by atoms with Crippen molar-refractivity contribution >= 4 is 72.3 Å². The summed E-state index contributed by atoms with van der Waals surface area (Å²) < 4.78 is 28.8. The smallest absolute Gasteiger partial charge is 0.400 e. The van der Waals surface area contributed by atoms with Crippen LogP contribution in [0.1, 0.15) is 91.1 Å². The molecule has 1 fully saturated rings. The number of ether oxygens (including phenoxy) is 2. The Balaban J connectivity index is 0.000000166. The second-order valence-electron chi connectivity index (χ2n) is 13.5. The molecule has 0 N–H and O–H groups in total. The van der Waals surface area contributed by atoms with Crippen LogP contribution in [0.25, 0.3) is 5.57 Å². The Kier molecular flexibility index (Phi) is 12.9. The van der Waals surface area contributed by atoms with Gasteiger partial charge in [-0.25, -0.2) is 9.97 Å². The molecule has 2 unspecified atom stereocenters. The lowest BCUT2D eigenvalue weighted by molar-refractivity contribution is -0.136. The van der Waals surface area contributed by atoms with Crippen molar-refractivity contribution in [2.45, 2.75) is 98.2 Å². The molecule has 49 heavy (non-hydrogen) atoms. The highest BCUT2D eigenvalue weighted by Crippen LogP contribution is 2.39. The van der Waals surface area contributed by atoms with Gasteiger partial charge in [0.1, 0.15) is 27.1 Å². The second kappa shape index (κ2) is 15.8. The predicted molar refractivity (Wildman–Crippen MR) is 200 cm³/mol. The van der Waals surface area contributed by atoms with Crippen LogP contribution in [0, 0.1) is 0 Å². The highest BCUT2D eigenvalue weighted by Gasteiger charge is 2.52. The molecule has 0 radical (unpaired) electrons. The van der Waals surface area contributed by atoms with Crippen molar-refractivity contribution in [3.8, 4) is 0 Å². The van der Waals surface area contributed by atoms with Crippen molar-refractivity contribution < 1.29 is 28.4 Å². The highest BCUT2D eigenvalue weighted by molar-refractivity contribution is 9.11. The predicted octanol–water partition coefficient (Wildman–Crippen LogP) is 6.52. The van der Waals surface area contributed by atoms with Gasteiger partial charge >= 0.3 is 7.12 Å². The van der Waals surface area contributed by atoms with E-state index < -0.39 is 0 Å². The lowest BCUT2D eigenvalue weighted by Gasteiger charge is -2.32. The maximum Gasteiger partial charge on any atom is 0.490 e. The van der Waals surface area contributed by atoms with E-state index in [0.29, 0.717) is 37.6 Å². The number of aromatic nitrogens is 4. The van der Waals surface area contributed by atoms with Crippen molar-refractivity contribution in [2.24, 2.45) is 0 Å². The summed E-state index contributed by atoms with van der Waals surface area (Å²) in [6, 6.07) is -0.386. The summed E-state index contributed by atoms with van der Waals surface area (Å²) in [6.45, 7) is 16.1. The van der Waals surface area contributed by atoms with Gasteiger partial charge in [-0.1, -0.05) is 19.6 Å². The molecular formula is C33H48BBr3N6O6. The Morgan fingerprint density at radius 1 is 0.776 bits per heavy atom. The number of likely N-dealkylation sites (N-methyl/N-ethyl adjacent to an activating group) is 2. The number of hydrogen-bond acceptors (Lipinski definition) is 8. The Hall–Kier alpha value is -1.82. The van der Waals surface area contributed by atoms with E-state index in [2.05, 4.69) is 102 Å². The third-order valence-electron chi connectivity index (χ3n) is 9.70. The fraction of sp³-hybridized carbons (Fsp3) is 0.636. The molecule has 0 spiro atoms. The Bertz CT molecular complexity index is 1610. The van der Waals surface area contributed by atoms with Gasteiger partial charge in [0.15, 0.2) is 4.73 Å². The SMILES string of the molecule is C.CC1(C)OB(C2=CCOCC2)OC1(C)C.CC1C(=O)N(C)Cc2c(Br)nc(Br)n21.CC1C(=O)N(C)Cc2c(Br)nc(C3=CCOCC3)n21. The third kappa shape index (κ3) is 8.15. The molecule has 1 saturated heterocycles. The minimum absolute atomic E-state index is 0. The molecule has 0 aromatic carbocycles. The van der Waals surface area contributed by atoms with Crippen molar-refractivity contribution in [1.29, 1.82) is 0 Å². The summed E-state index contributed by atoms with van der Waals surface area (Å²) in [5, 5.41) is 0. The van der Waals surface area contributed by atoms with E-state index >= 15 is 0 Å². The number of halogens is 3. The number of nitrogens with zero attached hydrogens (tertiary/aromatic N) is 6. The Morgan fingerprint density at radius 2 is 1.27 bits per heavy atom. The van der Waals surface area contributed by atoms with Crippen LogP contribution in [0.3, 0.4) is 0 Å². The van der Waals surface area contributed by atoms with Crippen molar-refractivity contribution in [1.82, 2.24) is 28.9 Å². The zero-order valence-corrected chi connectivity index (χ0v) is 33.6. The minimum Gasteiger partial charge on any atom is -0.400 e. The first-order chi connectivity index (χ1) is 22.5. The first kappa shape index (κ1) is 40.0. The monoisotopic (exact) mass is 872 g/mol. The maximum atomic E-state index is 12.1. The fourth-order valence-electron chi connectivity index (χ4n) is 6.11. The van der Waals surface area contributed by atoms with Gasteiger partial charge in [0.05, 0.1) is 62.1 Å². The molecule has 7 rings (SSSR count). The van der Waals surface area contributed by atoms with Gasteiger partial charge in [-0.15, -0.1) is 0 Å². The summed E-state index contributed by atoms with van der Waals surface area (Å²) in [7, 11) is 3.45. The number of rotatable bonds is 2. The van der Waals surface area contributed by atoms with Gasteiger partial charge in [0, 0.05) is 14.1 Å². The molecule has 16 heteroatoms. The van der Waals surface area contributed by atoms with Crippen molar-refractivity contribution in [2.75, 3.05) is 40.5 Å². The first-order valence-electron chi connectivity index (χ1n) is 16.1. The van der Waals surface area contributed by atoms with Gasteiger partial charge < -0.3 is 37.7 Å². The van der Waals surface area contributed by atoms with Crippen LogP contribution < -0.4 is 0 Å². The lowest BCUT2D eigenvalue weighted by atomic mass is 9.75. The first-order valence-corrected chi connectivity index (χ1v) is 18.5. The molecule has 7 heterocycles. The molecule has 2 aromatic rings. The fourth-order valence-corrected chi connectivity index (χ4v) is 8.02. The summed E-state index contributed by atoms with van der Waals surface area (Å²) >= 11 is 10.2. The summed E-state index contributed by atoms with van der Waals surface area (Å²) in [6.07, 6.45) is 5.89. The largest absolute Gasteiger partial charge is 0.490 e. The average molecular weight is 875 g/mol. The number of hydrogen-bond donors (Lipinski definition) is 0. The molecule has 2 atom stereocenters. The summed E-state index contributed by atoms with van der Waals surface area (Å²) in [5.74, 6) is 1.15. The number of imidazole rings is 2. The van der Waals surface area contributed by atoms with Gasteiger partial charge in [0.2, 0.25) is 11.8 Å². The second-order valence-corrected chi connectivity index (χ2v) is 15.7. The standard InChI is InChI=1S/C13H16BrN3O2.C11H19BO3.C8H9Br2N3O.CH4/c1-8-13(18)16(2)7-10-11(14)15-12(17(8)10)9-3-5-19-6-4-9;1-10(2)11(3,4)15-12(14-10)9-5-7-13-8-6-9;1-4-7(14)12(2)3-5-6(9)11-8(10)13(4)5;/h3,8H,4-7H2,1-2H3;5H,6-8H2,1-4H3;4H,3H2,1-2H3;1H4. The van der Waals surface area contributed by atoms with Gasteiger partial charge in [-0.3, -0.25) is 9.59 Å². The van der Waals surface area contributed by atoms with Gasteiger partial charge in [-0.05, 0) is 113 Å². The number of carbonyl (C=O) groups is 2. The van der Waals surface area contributed by atoms with E-state index in [-0.39, 0.29) is 49.6 Å². The van der Waals surface area contributed by atoms with E-state index in [1.807, 2.05) is 25.5 Å². The number of amides is 2. The Morgan fingerprint density at radius 3 is 1.78 bits per heavy atom. The zero-order valence-electron chi connectivity index (χ0n) is 28.8. The molecule has 5 aliphatic rings. The van der Waals surface area contributed by atoms with Gasteiger partial charge in [0.25, 0.3) is 0 Å². The van der Waals surface area contributed by atoms with Crippen LogP contribution in [0.15, 0.2) is 31.6 Å². The molecule has 0 aliphatic carbocycles. The topological polar surface area (TPSA) is 113 Å². The van der Waals surface area contributed by atoms with Crippen LogP contribution in [-0.4, -0.2) is 99.6 Å². The normalized spacial score (nSPS) is 24.0. The molecule has 5 aliphatic heterocycles. The molecule has 270 valence electrons. The molecule has 0 saturated carbocycles. The highest BCUT2D eigenvalue weighted by atomic mass is 79.9. The quantitative estimate of drug-likeness (QED) is 0.314. The summed E-state index contributed by atoms with van der Waals surface area (Å²) in [5.41, 5.74) is 4.01. The minimum atomic E-state index is -0.239. The van der Waals surface area contributed by atoms with Gasteiger partial charge in [-0.2, -0.15) is 0 Å². The Labute approximate surface area is 315 Å². The van der Waals surface area contributed by atoms with Crippen LogP contribution >= 0.6 is 47.8 Å². The van der Waals surface area contributed by atoms with E-state index in [9.17, 15) is 9.59 Å². The van der Waals surface area contributed by atoms with E-state index in [1.165, 1.54) is 11.0 Å². The average Bonchev–Trinajstić information content (AvgIpc) is 3.61. The zero-order chi connectivity index (χ0) is 35.1. The third-order valence-corrected chi connectivity index (χ3v) is 11.5. The van der Waals surface area contributed by atoms with Crippen LogP contribution in [-0.2, 0) is 41.5 Å². The molecular weight excluding hydrogens is 827 g/mol. The van der Waals surface area contributed by atoms with Crippen molar-refractivity contribution in [3.63, 3.8) is 0 Å². The van der Waals surface area contributed by atoms with Crippen LogP contribution in [0.2, 0.25) is 0 Å². The summed E-state index contributed by atoms with van der Waals surface area (Å²) in [4.78, 5) is 36.1. The number of fused-ring (bicyclic) bond motifs is 2. The molecule has 2 amide bonds. The maximum absolute atomic E-state index is 12.1. The molecule has 12 nitrogen and oxygen atoms in total. The van der Waals surface area contributed by atoms with E-state index in [1.54, 1.807) is 16.8 Å². The van der Waals surface area contributed by atoms with E-state index in [4.69, 9.17) is 18.8 Å². The van der Waals surface area contributed by atoms with Crippen molar-refractivity contribution in [3.05, 3.63) is 48.8 Å². The molecule has 2 aromatic heterocycles. The van der Waals surface area contributed by atoms with Crippen LogP contribution in [0.5, 0.6) is 0 Å². The van der Waals surface area contributed by atoms with Crippen LogP contribution in [0.4, 0.5) is 0 Å². The number of carbonyl (C=O) groups excluding carboxylic acids is 2. The molecule has 0 bridgehead atoms. The lowest BCUT2D eigenvalue weighted by Crippen LogP contribution is -2.41. The van der Waals surface area contributed by atoms with E-state index in [0.717, 1.165) is 45.9 Å².